The van der Waals surface area contributed by atoms with E-state index in [1.54, 1.807) is 7.11 Å². The minimum Gasteiger partial charge on any atom is -0.497 e. The SMILES string of the molecule is COc1cccc(-c2cc[nH]c2)c1. The second-order valence-electron chi connectivity index (χ2n) is 2.83. The van der Waals surface area contributed by atoms with Gasteiger partial charge in [0, 0.05) is 12.4 Å². The van der Waals surface area contributed by atoms with Crippen LogP contribution in [0.25, 0.3) is 11.1 Å². The summed E-state index contributed by atoms with van der Waals surface area (Å²) in [6.07, 6.45) is 3.88. The lowest BCUT2D eigenvalue weighted by atomic mass is 10.1. The fourth-order valence-corrected chi connectivity index (χ4v) is 1.31. The predicted octanol–water partition coefficient (Wildman–Crippen LogP) is 2.69. The zero-order valence-electron chi connectivity index (χ0n) is 7.45. The molecule has 1 N–H and O–H groups in total. The summed E-state index contributed by atoms with van der Waals surface area (Å²) >= 11 is 0. The van der Waals surface area contributed by atoms with Gasteiger partial charge >= 0.3 is 0 Å². The van der Waals surface area contributed by atoms with E-state index in [1.165, 1.54) is 11.1 Å². The molecule has 13 heavy (non-hydrogen) atoms. The van der Waals surface area contributed by atoms with E-state index in [1.807, 2.05) is 36.7 Å². The van der Waals surface area contributed by atoms with Gasteiger partial charge in [0.1, 0.15) is 5.75 Å². The van der Waals surface area contributed by atoms with Crippen molar-refractivity contribution in [2.45, 2.75) is 0 Å². The summed E-state index contributed by atoms with van der Waals surface area (Å²) in [6.45, 7) is 0. The van der Waals surface area contributed by atoms with Crippen LogP contribution in [0, 0.1) is 0 Å². The van der Waals surface area contributed by atoms with Crippen LogP contribution in [0.5, 0.6) is 5.75 Å². The first-order valence-corrected chi connectivity index (χ1v) is 4.17. The van der Waals surface area contributed by atoms with Gasteiger partial charge in [-0.25, -0.2) is 0 Å². The third-order valence-electron chi connectivity index (χ3n) is 2.00. The highest BCUT2D eigenvalue weighted by atomic mass is 16.5. The Morgan fingerprint density at radius 2 is 2.08 bits per heavy atom. The van der Waals surface area contributed by atoms with Crippen LogP contribution in [-0.2, 0) is 0 Å². The van der Waals surface area contributed by atoms with E-state index >= 15 is 0 Å². The molecular formula is C11H11NO. The number of hydrogen-bond donors (Lipinski definition) is 1. The van der Waals surface area contributed by atoms with Crippen LogP contribution in [0.2, 0.25) is 0 Å². The highest BCUT2D eigenvalue weighted by Crippen LogP contribution is 2.22. The third kappa shape index (κ3) is 1.56. The Morgan fingerprint density at radius 3 is 2.77 bits per heavy atom. The van der Waals surface area contributed by atoms with Crippen LogP contribution in [0.15, 0.2) is 42.7 Å². The number of nitrogens with one attached hydrogen (secondary N) is 1. The average Bonchev–Trinajstić information content (AvgIpc) is 2.71. The van der Waals surface area contributed by atoms with Crippen LogP contribution >= 0.6 is 0 Å². The summed E-state index contributed by atoms with van der Waals surface area (Å²) in [7, 11) is 1.68. The summed E-state index contributed by atoms with van der Waals surface area (Å²) in [6, 6.07) is 10.0. The van der Waals surface area contributed by atoms with Crippen molar-refractivity contribution >= 4 is 0 Å². The Hall–Kier alpha value is -1.70. The van der Waals surface area contributed by atoms with E-state index in [0.29, 0.717) is 0 Å². The molecule has 0 fully saturated rings. The fourth-order valence-electron chi connectivity index (χ4n) is 1.31. The van der Waals surface area contributed by atoms with Crippen LogP contribution in [0.4, 0.5) is 0 Å². The van der Waals surface area contributed by atoms with Crippen molar-refractivity contribution in [3.8, 4) is 16.9 Å². The normalized spacial score (nSPS) is 9.92. The standard InChI is InChI=1S/C11H11NO/c1-13-11-4-2-3-9(7-11)10-5-6-12-8-10/h2-8,12H,1H3. The Bertz CT molecular complexity index is 379. The number of rotatable bonds is 2. The van der Waals surface area contributed by atoms with Crippen LogP contribution in [0.1, 0.15) is 0 Å². The van der Waals surface area contributed by atoms with Crippen molar-refractivity contribution in [3.05, 3.63) is 42.7 Å². The molecule has 0 saturated heterocycles. The number of aromatic amines is 1. The first-order chi connectivity index (χ1) is 6.40. The van der Waals surface area contributed by atoms with Gasteiger partial charge in [-0.15, -0.1) is 0 Å². The smallest absolute Gasteiger partial charge is 0.119 e. The molecule has 66 valence electrons. The minimum absolute atomic E-state index is 0.888. The van der Waals surface area contributed by atoms with E-state index in [4.69, 9.17) is 4.74 Å². The minimum atomic E-state index is 0.888. The quantitative estimate of drug-likeness (QED) is 0.742. The highest BCUT2D eigenvalue weighted by Gasteiger charge is 1.98. The monoisotopic (exact) mass is 173 g/mol. The fraction of sp³-hybridized carbons (Fsp3) is 0.0909. The van der Waals surface area contributed by atoms with Gasteiger partial charge in [0.2, 0.25) is 0 Å². The largest absolute Gasteiger partial charge is 0.497 e. The highest BCUT2D eigenvalue weighted by molar-refractivity contribution is 5.64. The maximum absolute atomic E-state index is 5.14. The molecule has 0 aliphatic heterocycles. The number of aromatic nitrogens is 1. The molecule has 1 aromatic carbocycles. The van der Waals surface area contributed by atoms with Gasteiger partial charge in [-0.3, -0.25) is 0 Å². The van der Waals surface area contributed by atoms with Crippen molar-refractivity contribution in [1.29, 1.82) is 0 Å². The lowest BCUT2D eigenvalue weighted by Crippen LogP contribution is -1.82. The topological polar surface area (TPSA) is 25.0 Å². The van der Waals surface area contributed by atoms with Crippen LogP contribution < -0.4 is 4.74 Å². The molecule has 0 spiro atoms. The van der Waals surface area contributed by atoms with Gasteiger partial charge in [0.25, 0.3) is 0 Å². The second kappa shape index (κ2) is 3.35. The predicted molar refractivity (Wildman–Crippen MR) is 52.8 cm³/mol. The molecular weight excluding hydrogens is 162 g/mol. The van der Waals surface area contributed by atoms with Gasteiger partial charge in [-0.1, -0.05) is 12.1 Å². The molecule has 2 rings (SSSR count). The first-order valence-electron chi connectivity index (χ1n) is 4.17. The molecule has 0 unspecified atom stereocenters. The Labute approximate surface area is 77.2 Å². The zero-order valence-corrected chi connectivity index (χ0v) is 7.45. The molecule has 0 bridgehead atoms. The van der Waals surface area contributed by atoms with Crippen molar-refractivity contribution < 1.29 is 4.74 Å². The summed E-state index contributed by atoms with van der Waals surface area (Å²) in [5.41, 5.74) is 2.35. The zero-order chi connectivity index (χ0) is 9.10. The maximum Gasteiger partial charge on any atom is 0.119 e. The lowest BCUT2D eigenvalue weighted by Gasteiger charge is -2.01. The van der Waals surface area contributed by atoms with Crippen molar-refractivity contribution in [1.82, 2.24) is 4.98 Å². The first kappa shape index (κ1) is 7.92. The maximum atomic E-state index is 5.14. The number of ether oxygens (including phenoxy) is 1. The van der Waals surface area contributed by atoms with Gasteiger partial charge < -0.3 is 9.72 Å². The molecule has 0 radical (unpaired) electrons. The lowest BCUT2D eigenvalue weighted by molar-refractivity contribution is 0.415. The molecule has 0 amide bonds. The Kier molecular flexibility index (Phi) is 2.04. The third-order valence-corrected chi connectivity index (χ3v) is 2.00. The van der Waals surface area contributed by atoms with Crippen LogP contribution in [-0.4, -0.2) is 12.1 Å². The molecule has 2 nitrogen and oxygen atoms in total. The summed E-state index contributed by atoms with van der Waals surface area (Å²) in [5, 5.41) is 0. The Morgan fingerprint density at radius 1 is 1.15 bits per heavy atom. The summed E-state index contributed by atoms with van der Waals surface area (Å²) < 4.78 is 5.14. The molecule has 0 saturated carbocycles. The number of benzene rings is 1. The Balaban J connectivity index is 2.41. The van der Waals surface area contributed by atoms with E-state index in [2.05, 4.69) is 11.1 Å². The van der Waals surface area contributed by atoms with Gasteiger partial charge in [-0.2, -0.15) is 0 Å². The van der Waals surface area contributed by atoms with Crippen molar-refractivity contribution in [3.63, 3.8) is 0 Å². The second-order valence-corrected chi connectivity index (χ2v) is 2.83. The van der Waals surface area contributed by atoms with Crippen molar-refractivity contribution in [2.24, 2.45) is 0 Å². The molecule has 2 aromatic rings. The molecule has 2 heteroatoms. The van der Waals surface area contributed by atoms with E-state index in [-0.39, 0.29) is 0 Å². The van der Waals surface area contributed by atoms with Crippen molar-refractivity contribution in [2.75, 3.05) is 7.11 Å². The van der Waals surface area contributed by atoms with Gasteiger partial charge in [0.05, 0.1) is 7.11 Å². The number of H-pyrrole nitrogens is 1. The molecule has 1 aromatic heterocycles. The molecule has 1 heterocycles. The molecule has 0 atom stereocenters. The van der Waals surface area contributed by atoms with Crippen LogP contribution in [0.3, 0.4) is 0 Å². The van der Waals surface area contributed by atoms with Gasteiger partial charge in [0.15, 0.2) is 0 Å². The van der Waals surface area contributed by atoms with E-state index in [0.717, 1.165) is 5.75 Å². The molecule has 0 aliphatic rings. The van der Waals surface area contributed by atoms with E-state index < -0.39 is 0 Å². The van der Waals surface area contributed by atoms with E-state index in [9.17, 15) is 0 Å². The summed E-state index contributed by atoms with van der Waals surface area (Å²) in [4.78, 5) is 3.02. The van der Waals surface area contributed by atoms with Gasteiger partial charge in [-0.05, 0) is 29.3 Å². The number of methoxy groups -OCH3 is 1. The average molecular weight is 173 g/mol. The number of hydrogen-bond acceptors (Lipinski definition) is 1. The summed E-state index contributed by atoms with van der Waals surface area (Å²) in [5.74, 6) is 0.888. The molecule has 0 aliphatic carbocycles.